The predicted molar refractivity (Wildman–Crippen MR) is 109 cm³/mol. The molecule has 134 valence electrons. The largest absolute Gasteiger partial charge is 0.338 e. The highest BCUT2D eigenvalue weighted by Gasteiger charge is 2.11. The summed E-state index contributed by atoms with van der Waals surface area (Å²) in [5.74, 6) is 1.02. The molecule has 0 radical (unpaired) electrons. The molecule has 6 nitrogen and oxygen atoms in total. The van der Waals surface area contributed by atoms with Crippen LogP contribution in [-0.4, -0.2) is 19.9 Å². The summed E-state index contributed by atoms with van der Waals surface area (Å²) in [6.07, 6.45) is 3.23. The van der Waals surface area contributed by atoms with Gasteiger partial charge < -0.3 is 10.6 Å². The Bertz CT molecular complexity index is 1110. The van der Waals surface area contributed by atoms with Gasteiger partial charge in [-0.3, -0.25) is 0 Å². The average molecular weight is 377 g/mol. The summed E-state index contributed by atoms with van der Waals surface area (Å²) in [6.45, 7) is 4.15. The highest BCUT2D eigenvalue weighted by Crippen LogP contribution is 2.25. The molecule has 2 heterocycles. The molecule has 0 spiro atoms. The Morgan fingerprint density at radius 1 is 0.778 bits per heavy atom. The lowest BCUT2D eigenvalue weighted by Gasteiger charge is -2.11. The molecule has 0 saturated heterocycles. The minimum atomic E-state index is 0.447. The summed E-state index contributed by atoms with van der Waals surface area (Å²) in [7, 11) is 0. The van der Waals surface area contributed by atoms with Crippen LogP contribution in [0.4, 0.5) is 23.1 Å². The van der Waals surface area contributed by atoms with Crippen LogP contribution >= 0.6 is 11.6 Å². The van der Waals surface area contributed by atoms with Crippen molar-refractivity contribution in [3.63, 3.8) is 0 Å². The Balaban J connectivity index is 1.73. The van der Waals surface area contributed by atoms with E-state index in [4.69, 9.17) is 11.6 Å². The molecule has 2 aromatic heterocycles. The normalized spacial score (nSPS) is 10.8. The topological polar surface area (TPSA) is 75.6 Å². The molecule has 0 aliphatic rings. The maximum absolute atomic E-state index is 5.96. The quantitative estimate of drug-likeness (QED) is 0.511. The van der Waals surface area contributed by atoms with Gasteiger partial charge in [-0.15, -0.1) is 0 Å². The van der Waals surface area contributed by atoms with Gasteiger partial charge in [0, 0.05) is 28.8 Å². The first-order valence-corrected chi connectivity index (χ1v) is 8.82. The van der Waals surface area contributed by atoms with Gasteiger partial charge in [0.2, 0.25) is 5.95 Å². The van der Waals surface area contributed by atoms with Gasteiger partial charge in [-0.25, -0.2) is 9.97 Å². The van der Waals surface area contributed by atoms with Crippen LogP contribution in [0.15, 0.2) is 54.9 Å². The average Bonchev–Trinajstić information content (AvgIpc) is 2.67. The standard InChI is InChI=1S/C20H17ClN6/c1-12-3-6-16(11-13(12)2)25-20-26-18-17(22-9-10-23-18)19(27-20)24-15-7-4-14(21)5-8-15/h3-11H,1-2H3,(H2,23,24,25,26,27). The Kier molecular flexibility index (Phi) is 4.56. The fourth-order valence-corrected chi connectivity index (χ4v) is 2.75. The number of halogens is 1. The number of nitrogens with zero attached hydrogens (tertiary/aromatic N) is 4. The lowest BCUT2D eigenvalue weighted by atomic mass is 10.1. The maximum atomic E-state index is 5.96. The van der Waals surface area contributed by atoms with Gasteiger partial charge in [-0.2, -0.15) is 9.97 Å². The number of hydrogen-bond donors (Lipinski definition) is 2. The van der Waals surface area contributed by atoms with Crippen molar-refractivity contribution in [1.29, 1.82) is 0 Å². The minimum absolute atomic E-state index is 0.447. The van der Waals surface area contributed by atoms with E-state index < -0.39 is 0 Å². The molecule has 0 aliphatic carbocycles. The summed E-state index contributed by atoms with van der Waals surface area (Å²) in [5, 5.41) is 7.19. The van der Waals surface area contributed by atoms with Crippen molar-refractivity contribution in [2.75, 3.05) is 10.6 Å². The van der Waals surface area contributed by atoms with E-state index in [1.54, 1.807) is 12.4 Å². The number of nitrogens with one attached hydrogen (secondary N) is 2. The second-order valence-corrected chi connectivity index (χ2v) is 6.62. The number of fused-ring (bicyclic) bond motifs is 1. The summed E-state index contributed by atoms with van der Waals surface area (Å²) in [5.41, 5.74) is 5.30. The van der Waals surface area contributed by atoms with E-state index >= 15 is 0 Å². The van der Waals surface area contributed by atoms with Crippen LogP contribution in [0.3, 0.4) is 0 Å². The van der Waals surface area contributed by atoms with Crippen molar-refractivity contribution in [2.24, 2.45) is 0 Å². The Morgan fingerprint density at radius 2 is 1.52 bits per heavy atom. The highest BCUT2D eigenvalue weighted by atomic mass is 35.5. The van der Waals surface area contributed by atoms with Gasteiger partial charge in [0.15, 0.2) is 17.0 Å². The smallest absolute Gasteiger partial charge is 0.231 e. The zero-order chi connectivity index (χ0) is 18.8. The molecular weight excluding hydrogens is 360 g/mol. The summed E-state index contributed by atoms with van der Waals surface area (Å²) in [6, 6.07) is 13.5. The third-order valence-corrected chi connectivity index (χ3v) is 4.45. The van der Waals surface area contributed by atoms with Crippen molar-refractivity contribution in [3.05, 3.63) is 71.0 Å². The first-order valence-electron chi connectivity index (χ1n) is 8.44. The van der Waals surface area contributed by atoms with E-state index in [0.29, 0.717) is 28.0 Å². The van der Waals surface area contributed by atoms with Gasteiger partial charge in [-0.05, 0) is 61.4 Å². The molecule has 0 saturated carbocycles. The fourth-order valence-electron chi connectivity index (χ4n) is 2.62. The summed E-state index contributed by atoms with van der Waals surface area (Å²) in [4.78, 5) is 17.8. The molecule has 0 fully saturated rings. The zero-order valence-electron chi connectivity index (χ0n) is 14.9. The van der Waals surface area contributed by atoms with Crippen molar-refractivity contribution in [1.82, 2.24) is 19.9 Å². The number of hydrogen-bond acceptors (Lipinski definition) is 6. The summed E-state index contributed by atoms with van der Waals surface area (Å²) >= 11 is 5.96. The van der Waals surface area contributed by atoms with Crippen LogP contribution in [-0.2, 0) is 0 Å². The molecule has 0 unspecified atom stereocenters. The van der Waals surface area contributed by atoms with E-state index in [0.717, 1.165) is 11.4 Å². The lowest BCUT2D eigenvalue weighted by molar-refractivity contribution is 1.15. The van der Waals surface area contributed by atoms with E-state index in [-0.39, 0.29) is 0 Å². The van der Waals surface area contributed by atoms with Gasteiger partial charge in [-0.1, -0.05) is 17.7 Å². The molecule has 0 bridgehead atoms. The highest BCUT2D eigenvalue weighted by molar-refractivity contribution is 6.30. The third-order valence-electron chi connectivity index (χ3n) is 4.20. The van der Waals surface area contributed by atoms with Crippen molar-refractivity contribution >= 4 is 45.9 Å². The zero-order valence-corrected chi connectivity index (χ0v) is 15.6. The molecule has 0 amide bonds. The first kappa shape index (κ1) is 17.2. The van der Waals surface area contributed by atoms with Crippen molar-refractivity contribution in [2.45, 2.75) is 13.8 Å². The molecule has 0 aliphatic heterocycles. The molecule has 7 heteroatoms. The summed E-state index contributed by atoms with van der Waals surface area (Å²) < 4.78 is 0. The molecule has 2 N–H and O–H groups in total. The SMILES string of the molecule is Cc1ccc(Nc2nc(Nc3ccc(Cl)cc3)c3nccnc3n2)cc1C. The second-order valence-electron chi connectivity index (χ2n) is 6.18. The van der Waals surface area contributed by atoms with Crippen LogP contribution in [0.25, 0.3) is 11.2 Å². The molecule has 4 aromatic rings. The Hall–Kier alpha value is -3.25. The van der Waals surface area contributed by atoms with Gasteiger partial charge in [0.25, 0.3) is 0 Å². The van der Waals surface area contributed by atoms with E-state index in [2.05, 4.69) is 56.5 Å². The number of rotatable bonds is 4. The van der Waals surface area contributed by atoms with Crippen LogP contribution in [0, 0.1) is 13.8 Å². The maximum Gasteiger partial charge on any atom is 0.231 e. The van der Waals surface area contributed by atoms with Gasteiger partial charge in [0.1, 0.15) is 0 Å². The van der Waals surface area contributed by atoms with Gasteiger partial charge >= 0.3 is 0 Å². The van der Waals surface area contributed by atoms with Crippen LogP contribution in [0.5, 0.6) is 0 Å². The number of aryl methyl sites for hydroxylation is 2. The van der Waals surface area contributed by atoms with Gasteiger partial charge in [0.05, 0.1) is 0 Å². The number of aromatic nitrogens is 4. The molecule has 0 atom stereocenters. The van der Waals surface area contributed by atoms with E-state index in [1.165, 1.54) is 11.1 Å². The molecule has 2 aromatic carbocycles. The third kappa shape index (κ3) is 3.80. The fraction of sp³-hybridized carbons (Fsp3) is 0.100. The second kappa shape index (κ2) is 7.17. The molecule has 4 rings (SSSR count). The monoisotopic (exact) mass is 376 g/mol. The van der Waals surface area contributed by atoms with E-state index in [9.17, 15) is 0 Å². The lowest BCUT2D eigenvalue weighted by Crippen LogP contribution is -2.04. The van der Waals surface area contributed by atoms with E-state index in [1.807, 2.05) is 30.3 Å². The molecule has 27 heavy (non-hydrogen) atoms. The Morgan fingerprint density at radius 3 is 2.30 bits per heavy atom. The predicted octanol–water partition coefficient (Wildman–Crippen LogP) is 5.18. The number of benzene rings is 2. The van der Waals surface area contributed by atoms with Crippen molar-refractivity contribution < 1.29 is 0 Å². The number of anilines is 4. The van der Waals surface area contributed by atoms with Crippen LogP contribution in [0.1, 0.15) is 11.1 Å². The molecular formula is C20H17ClN6. The Labute approximate surface area is 161 Å². The first-order chi connectivity index (χ1) is 13.1. The minimum Gasteiger partial charge on any atom is -0.338 e. The van der Waals surface area contributed by atoms with Crippen LogP contribution in [0.2, 0.25) is 5.02 Å². The van der Waals surface area contributed by atoms with Crippen LogP contribution < -0.4 is 10.6 Å². The van der Waals surface area contributed by atoms with Crippen molar-refractivity contribution in [3.8, 4) is 0 Å².